The van der Waals surface area contributed by atoms with E-state index in [9.17, 15) is 9.59 Å². The summed E-state index contributed by atoms with van der Waals surface area (Å²) in [5.74, 6) is 0.0102. The Hall–Kier alpha value is -1.10. The summed E-state index contributed by atoms with van der Waals surface area (Å²) in [6, 6.07) is 0.0944. The molecule has 2 amide bonds. The second-order valence-corrected chi connectivity index (χ2v) is 6.72. The molecule has 1 heterocycles. The summed E-state index contributed by atoms with van der Waals surface area (Å²) in [4.78, 5) is 27.2. The maximum atomic E-state index is 12.7. The van der Waals surface area contributed by atoms with Crippen molar-refractivity contribution in [3.05, 3.63) is 0 Å². The van der Waals surface area contributed by atoms with Crippen LogP contribution in [0.1, 0.15) is 51.9 Å². The smallest absolute Gasteiger partial charge is 0.226 e. The number of hydrogen-bond acceptors (Lipinski definition) is 3. The van der Waals surface area contributed by atoms with Gasteiger partial charge in [0, 0.05) is 44.7 Å². The van der Waals surface area contributed by atoms with Crippen LogP contribution in [0.2, 0.25) is 0 Å². The molecule has 5 nitrogen and oxygen atoms in total. The standard InChI is InChI=1S/C17H30N2O3/c1-13(9-12-22-2)18-16(20)14-7-3-4-8-15(14)17(21)19-10-5-6-11-19/h13-15H,3-12H2,1-2H3,(H,18,20)/t13-,14+,15-/m0/s1. The quantitative estimate of drug-likeness (QED) is 0.816. The highest BCUT2D eigenvalue weighted by Crippen LogP contribution is 2.32. The van der Waals surface area contributed by atoms with E-state index in [0.717, 1.165) is 58.0 Å². The summed E-state index contributed by atoms with van der Waals surface area (Å²) in [6.07, 6.45) is 6.82. The first-order chi connectivity index (χ1) is 10.6. The van der Waals surface area contributed by atoms with E-state index in [4.69, 9.17) is 4.74 Å². The summed E-state index contributed by atoms with van der Waals surface area (Å²) in [7, 11) is 1.67. The van der Waals surface area contributed by atoms with Crippen molar-refractivity contribution in [2.75, 3.05) is 26.8 Å². The Balaban J connectivity index is 1.93. The van der Waals surface area contributed by atoms with Crippen LogP contribution in [0.3, 0.4) is 0 Å². The van der Waals surface area contributed by atoms with Gasteiger partial charge in [-0.2, -0.15) is 0 Å². The van der Waals surface area contributed by atoms with Crippen molar-refractivity contribution < 1.29 is 14.3 Å². The van der Waals surface area contributed by atoms with Gasteiger partial charge in [-0.15, -0.1) is 0 Å². The minimum atomic E-state index is -0.146. The van der Waals surface area contributed by atoms with Crippen LogP contribution in [0, 0.1) is 11.8 Å². The van der Waals surface area contributed by atoms with Gasteiger partial charge < -0.3 is 15.0 Å². The Morgan fingerprint density at radius 2 is 1.77 bits per heavy atom. The molecule has 1 aliphatic carbocycles. The summed E-state index contributed by atoms with van der Waals surface area (Å²) in [5, 5.41) is 3.07. The van der Waals surface area contributed by atoms with E-state index in [-0.39, 0.29) is 29.7 Å². The van der Waals surface area contributed by atoms with Gasteiger partial charge in [0.05, 0.1) is 0 Å². The molecule has 2 rings (SSSR count). The van der Waals surface area contributed by atoms with Crippen LogP contribution in [-0.2, 0) is 14.3 Å². The number of rotatable bonds is 6. The maximum absolute atomic E-state index is 12.7. The normalized spacial score (nSPS) is 26.7. The molecule has 0 aromatic rings. The lowest BCUT2D eigenvalue weighted by atomic mass is 9.77. The number of carbonyl (C=O) groups is 2. The number of amides is 2. The first-order valence-corrected chi connectivity index (χ1v) is 8.71. The molecule has 0 bridgehead atoms. The van der Waals surface area contributed by atoms with Gasteiger partial charge in [-0.3, -0.25) is 9.59 Å². The van der Waals surface area contributed by atoms with Crippen molar-refractivity contribution >= 4 is 11.8 Å². The number of hydrogen-bond donors (Lipinski definition) is 1. The van der Waals surface area contributed by atoms with E-state index >= 15 is 0 Å². The monoisotopic (exact) mass is 310 g/mol. The number of nitrogens with one attached hydrogen (secondary N) is 1. The van der Waals surface area contributed by atoms with Crippen LogP contribution >= 0.6 is 0 Å². The van der Waals surface area contributed by atoms with Gasteiger partial charge in [0.25, 0.3) is 0 Å². The van der Waals surface area contributed by atoms with Gasteiger partial charge in [-0.1, -0.05) is 12.8 Å². The Labute approximate surface area is 133 Å². The molecular formula is C17H30N2O3. The van der Waals surface area contributed by atoms with Gasteiger partial charge in [0.15, 0.2) is 0 Å². The van der Waals surface area contributed by atoms with Gasteiger partial charge in [0.1, 0.15) is 0 Å². The largest absolute Gasteiger partial charge is 0.385 e. The second kappa shape index (κ2) is 8.51. The molecule has 1 saturated carbocycles. The summed E-state index contributed by atoms with van der Waals surface area (Å²) >= 11 is 0. The number of ether oxygens (including phenoxy) is 1. The predicted octanol–water partition coefficient (Wildman–Crippen LogP) is 1.96. The molecular weight excluding hydrogens is 280 g/mol. The first-order valence-electron chi connectivity index (χ1n) is 8.71. The highest BCUT2D eigenvalue weighted by molar-refractivity contribution is 5.88. The zero-order chi connectivity index (χ0) is 15.9. The third kappa shape index (κ3) is 4.45. The van der Waals surface area contributed by atoms with E-state index in [1.54, 1.807) is 7.11 Å². The van der Waals surface area contributed by atoms with Gasteiger partial charge in [-0.05, 0) is 39.0 Å². The molecule has 0 spiro atoms. The molecule has 22 heavy (non-hydrogen) atoms. The number of methoxy groups -OCH3 is 1. The zero-order valence-electron chi connectivity index (χ0n) is 14.0. The molecule has 1 saturated heterocycles. The highest BCUT2D eigenvalue weighted by Gasteiger charge is 2.38. The Morgan fingerprint density at radius 3 is 2.41 bits per heavy atom. The minimum absolute atomic E-state index is 0.0563. The lowest BCUT2D eigenvalue weighted by Gasteiger charge is -2.33. The maximum Gasteiger partial charge on any atom is 0.226 e. The van der Waals surface area contributed by atoms with Crippen molar-refractivity contribution in [2.24, 2.45) is 11.8 Å². The number of likely N-dealkylation sites (tertiary alicyclic amines) is 1. The molecule has 0 aromatic heterocycles. The third-order valence-corrected chi connectivity index (χ3v) is 4.98. The Bertz CT molecular complexity index is 380. The van der Waals surface area contributed by atoms with Crippen molar-refractivity contribution in [3.8, 4) is 0 Å². The van der Waals surface area contributed by atoms with Gasteiger partial charge >= 0.3 is 0 Å². The fourth-order valence-electron chi connectivity index (χ4n) is 3.63. The number of nitrogens with zero attached hydrogens (tertiary/aromatic N) is 1. The van der Waals surface area contributed by atoms with E-state index in [1.807, 2.05) is 11.8 Å². The molecule has 5 heteroatoms. The van der Waals surface area contributed by atoms with E-state index < -0.39 is 0 Å². The molecule has 2 fully saturated rings. The van der Waals surface area contributed by atoms with Crippen LogP contribution in [0.4, 0.5) is 0 Å². The first kappa shape index (κ1) is 17.3. The van der Waals surface area contributed by atoms with E-state index in [1.165, 1.54) is 0 Å². The molecule has 126 valence electrons. The fraction of sp³-hybridized carbons (Fsp3) is 0.882. The van der Waals surface area contributed by atoms with E-state index in [2.05, 4.69) is 5.32 Å². The highest BCUT2D eigenvalue weighted by atomic mass is 16.5. The SMILES string of the molecule is COCC[C@H](C)NC(=O)[C@@H]1CCCC[C@@H]1C(=O)N1CCCC1. The minimum Gasteiger partial charge on any atom is -0.385 e. The Morgan fingerprint density at radius 1 is 1.14 bits per heavy atom. The lowest BCUT2D eigenvalue weighted by molar-refractivity contribution is -0.143. The van der Waals surface area contributed by atoms with Crippen LogP contribution in [0.15, 0.2) is 0 Å². The van der Waals surface area contributed by atoms with Crippen molar-refractivity contribution in [1.29, 1.82) is 0 Å². The number of carbonyl (C=O) groups excluding carboxylic acids is 2. The molecule has 2 aliphatic rings. The van der Waals surface area contributed by atoms with Gasteiger partial charge in [-0.25, -0.2) is 0 Å². The van der Waals surface area contributed by atoms with Crippen LogP contribution in [0.5, 0.6) is 0 Å². The average Bonchev–Trinajstić information content (AvgIpc) is 3.06. The van der Waals surface area contributed by atoms with Crippen LogP contribution in [-0.4, -0.2) is 49.6 Å². The van der Waals surface area contributed by atoms with Crippen molar-refractivity contribution in [2.45, 2.75) is 57.9 Å². The Kier molecular flexibility index (Phi) is 6.68. The summed E-state index contributed by atoms with van der Waals surface area (Å²) < 4.78 is 5.05. The molecule has 0 unspecified atom stereocenters. The summed E-state index contributed by atoms with van der Waals surface area (Å²) in [5.41, 5.74) is 0. The average molecular weight is 310 g/mol. The molecule has 1 N–H and O–H groups in total. The zero-order valence-corrected chi connectivity index (χ0v) is 14.0. The van der Waals surface area contributed by atoms with Crippen LogP contribution < -0.4 is 5.32 Å². The predicted molar refractivity (Wildman–Crippen MR) is 85.4 cm³/mol. The fourth-order valence-corrected chi connectivity index (χ4v) is 3.63. The molecule has 0 aromatic carbocycles. The molecule has 0 radical (unpaired) electrons. The topological polar surface area (TPSA) is 58.6 Å². The van der Waals surface area contributed by atoms with Crippen molar-refractivity contribution in [1.82, 2.24) is 10.2 Å². The second-order valence-electron chi connectivity index (χ2n) is 6.72. The third-order valence-electron chi connectivity index (χ3n) is 4.98. The van der Waals surface area contributed by atoms with Crippen LogP contribution in [0.25, 0.3) is 0 Å². The lowest BCUT2D eigenvalue weighted by Crippen LogP contribution is -2.46. The van der Waals surface area contributed by atoms with Gasteiger partial charge in [0.2, 0.25) is 11.8 Å². The van der Waals surface area contributed by atoms with Crippen molar-refractivity contribution in [3.63, 3.8) is 0 Å². The molecule has 3 atom stereocenters. The molecule has 1 aliphatic heterocycles. The summed E-state index contributed by atoms with van der Waals surface area (Å²) in [6.45, 7) is 4.38. The van der Waals surface area contributed by atoms with E-state index in [0.29, 0.717) is 6.61 Å².